The summed E-state index contributed by atoms with van der Waals surface area (Å²) >= 11 is 0.875. The molecule has 1 aromatic heterocycles. The van der Waals surface area contributed by atoms with Gasteiger partial charge < -0.3 is 19.1 Å². The summed E-state index contributed by atoms with van der Waals surface area (Å²) in [6, 6.07) is 14.2. The number of ether oxygens (including phenoxy) is 1. The number of nitrogens with zero attached hydrogens (tertiary/aromatic N) is 1. The number of carbonyl (C=O) groups excluding carboxylic acids is 1. The maximum absolute atomic E-state index is 11.5. The first-order chi connectivity index (χ1) is 12.2. The molecule has 0 atom stereocenters. The van der Waals surface area contributed by atoms with Crippen LogP contribution in [-0.4, -0.2) is 17.6 Å². The molecule has 0 fully saturated rings. The number of benzene rings is 2. The normalized spacial score (nSPS) is 11.2. The highest BCUT2D eigenvalue weighted by Crippen LogP contribution is 2.31. The summed E-state index contributed by atoms with van der Waals surface area (Å²) in [6.07, 6.45) is 6.64. The molecule has 0 saturated carbocycles. The van der Waals surface area contributed by atoms with E-state index < -0.39 is 5.97 Å². The number of terminal acetylenes is 1. The van der Waals surface area contributed by atoms with E-state index in [4.69, 9.17) is 15.6 Å². The summed E-state index contributed by atoms with van der Waals surface area (Å²) in [6.45, 7) is 0.0871. The maximum atomic E-state index is 11.5. The van der Waals surface area contributed by atoms with Crippen LogP contribution in [0.5, 0.6) is 5.75 Å². The average molecular weight is 350 g/mol. The number of carbonyl (C=O) groups is 1. The molecular weight excluding hydrogens is 338 g/mol. The number of thioether (sulfide) groups is 1. The Morgan fingerprint density at radius 1 is 1.28 bits per heavy atom. The summed E-state index contributed by atoms with van der Waals surface area (Å²) < 4.78 is 11.0. The van der Waals surface area contributed by atoms with Gasteiger partial charge in [-0.2, -0.15) is 0 Å². The van der Waals surface area contributed by atoms with Crippen LogP contribution in [0.4, 0.5) is 0 Å². The fourth-order valence-electron chi connectivity index (χ4n) is 2.11. The molecule has 0 amide bonds. The number of carboxylic acids is 1. The van der Waals surface area contributed by atoms with E-state index in [9.17, 15) is 9.90 Å². The van der Waals surface area contributed by atoms with Crippen LogP contribution in [-0.2, 0) is 4.79 Å². The second-order valence-electron chi connectivity index (χ2n) is 4.88. The van der Waals surface area contributed by atoms with Gasteiger partial charge in [-0.05, 0) is 36.0 Å². The number of hydrogen-bond acceptors (Lipinski definition) is 6. The van der Waals surface area contributed by atoms with Crippen LogP contribution in [0.2, 0.25) is 0 Å². The molecule has 0 saturated heterocycles. The van der Waals surface area contributed by atoms with Crippen molar-refractivity contribution in [3.63, 3.8) is 0 Å². The minimum absolute atomic E-state index is 0.0525. The zero-order chi connectivity index (χ0) is 17.6. The van der Waals surface area contributed by atoms with E-state index in [1.54, 1.807) is 36.4 Å². The summed E-state index contributed by atoms with van der Waals surface area (Å²) in [4.78, 5) is 15.7. The van der Waals surface area contributed by atoms with Crippen molar-refractivity contribution < 1.29 is 19.1 Å². The van der Waals surface area contributed by atoms with Crippen LogP contribution in [0.25, 0.3) is 17.2 Å². The van der Waals surface area contributed by atoms with Crippen LogP contribution in [0.3, 0.4) is 0 Å². The summed E-state index contributed by atoms with van der Waals surface area (Å²) in [5.41, 5.74) is 1.81. The number of oxazole rings is 1. The lowest BCUT2D eigenvalue weighted by atomic mass is 10.2. The number of aliphatic carboxylic acids is 1. The van der Waals surface area contributed by atoms with E-state index in [0.717, 1.165) is 11.8 Å². The quantitative estimate of drug-likeness (QED) is 0.387. The molecule has 0 unspecified atom stereocenters. The molecule has 0 bridgehead atoms. The van der Waals surface area contributed by atoms with Crippen molar-refractivity contribution in [2.45, 2.75) is 5.22 Å². The van der Waals surface area contributed by atoms with Gasteiger partial charge in [-0.1, -0.05) is 36.3 Å². The molecule has 1 heterocycles. The first kappa shape index (κ1) is 16.7. The van der Waals surface area contributed by atoms with Crippen molar-refractivity contribution in [3.8, 4) is 18.1 Å². The number of fused-ring (bicyclic) bond motifs is 1. The fraction of sp³-hybridized carbons (Fsp3) is 0.0526. The third-order valence-corrected chi connectivity index (χ3v) is 4.04. The highest BCUT2D eigenvalue weighted by atomic mass is 32.2. The van der Waals surface area contributed by atoms with Gasteiger partial charge in [-0.15, -0.1) is 6.42 Å². The molecule has 0 aliphatic carbocycles. The molecule has 3 rings (SSSR count). The predicted molar refractivity (Wildman–Crippen MR) is 93.6 cm³/mol. The number of carboxylic acid groups (broad SMARTS) is 1. The van der Waals surface area contributed by atoms with Crippen LogP contribution in [0, 0.1) is 12.3 Å². The Morgan fingerprint density at radius 2 is 2.04 bits per heavy atom. The molecule has 6 heteroatoms. The van der Waals surface area contributed by atoms with E-state index in [1.165, 1.54) is 6.08 Å². The van der Waals surface area contributed by atoms with Crippen molar-refractivity contribution >= 4 is 34.9 Å². The van der Waals surface area contributed by atoms with Crippen molar-refractivity contribution in [2.75, 3.05) is 6.61 Å². The first-order valence-electron chi connectivity index (χ1n) is 7.29. The van der Waals surface area contributed by atoms with Gasteiger partial charge in [0, 0.05) is 10.5 Å². The van der Waals surface area contributed by atoms with Crippen LogP contribution in [0.1, 0.15) is 5.56 Å². The molecule has 0 spiro atoms. The monoisotopic (exact) mass is 350 g/mol. The zero-order valence-electron chi connectivity index (χ0n) is 13.0. The number of aromatic nitrogens is 1. The van der Waals surface area contributed by atoms with Crippen LogP contribution in [0.15, 0.2) is 63.1 Å². The van der Waals surface area contributed by atoms with Gasteiger partial charge in [0.05, 0.1) is 5.97 Å². The highest BCUT2D eigenvalue weighted by Gasteiger charge is 2.11. The van der Waals surface area contributed by atoms with Gasteiger partial charge in [-0.3, -0.25) is 0 Å². The van der Waals surface area contributed by atoms with Crippen molar-refractivity contribution in [2.24, 2.45) is 0 Å². The molecule has 2 aromatic carbocycles. The molecule has 5 nitrogen and oxygen atoms in total. The summed E-state index contributed by atoms with van der Waals surface area (Å²) in [5, 5.41) is 11.7. The molecule has 124 valence electrons. The Kier molecular flexibility index (Phi) is 5.07. The topological polar surface area (TPSA) is 75.4 Å². The number of hydrogen-bond donors (Lipinski definition) is 0. The summed E-state index contributed by atoms with van der Waals surface area (Å²) in [5.74, 6) is 1.52. The minimum Gasteiger partial charge on any atom is -0.544 e. The van der Waals surface area contributed by atoms with Crippen molar-refractivity contribution in [1.29, 1.82) is 0 Å². The van der Waals surface area contributed by atoms with Gasteiger partial charge in [0.2, 0.25) is 0 Å². The van der Waals surface area contributed by atoms with Gasteiger partial charge >= 0.3 is 0 Å². The average Bonchev–Trinajstić information content (AvgIpc) is 3.02. The Morgan fingerprint density at radius 3 is 2.80 bits per heavy atom. The van der Waals surface area contributed by atoms with Gasteiger partial charge in [0.25, 0.3) is 5.22 Å². The lowest BCUT2D eigenvalue weighted by Gasteiger charge is -2.09. The smallest absolute Gasteiger partial charge is 0.261 e. The molecule has 3 aromatic rings. The van der Waals surface area contributed by atoms with E-state index in [1.807, 2.05) is 12.1 Å². The zero-order valence-corrected chi connectivity index (χ0v) is 13.8. The third kappa shape index (κ3) is 4.03. The lowest BCUT2D eigenvalue weighted by Crippen LogP contribution is -2.23. The van der Waals surface area contributed by atoms with Gasteiger partial charge in [0.1, 0.15) is 17.9 Å². The standard InChI is InChI=1S/C19H13NO4S/c1-2-11-23-15-9-5-3-7-13(15)12-17(18(21)22)25-19-20-14-8-4-6-10-16(14)24-19/h1,3-10,12H,11H2,(H,21,22)/p-1/b17-12-. The second-order valence-corrected chi connectivity index (χ2v) is 5.87. The number of para-hydroxylation sites is 3. The molecular formula is C19H12NO4S-. The van der Waals surface area contributed by atoms with E-state index in [0.29, 0.717) is 22.4 Å². The second kappa shape index (κ2) is 7.60. The Hall–Kier alpha value is -3.17. The van der Waals surface area contributed by atoms with E-state index >= 15 is 0 Å². The maximum Gasteiger partial charge on any atom is 0.261 e. The molecule has 0 N–H and O–H groups in total. The molecule has 25 heavy (non-hydrogen) atoms. The largest absolute Gasteiger partial charge is 0.544 e. The molecule has 0 radical (unpaired) electrons. The molecule has 0 aliphatic rings. The van der Waals surface area contributed by atoms with Crippen molar-refractivity contribution in [3.05, 3.63) is 59.0 Å². The lowest BCUT2D eigenvalue weighted by molar-refractivity contribution is -0.298. The fourth-order valence-corrected chi connectivity index (χ4v) is 2.84. The van der Waals surface area contributed by atoms with E-state index in [2.05, 4.69) is 10.9 Å². The third-order valence-electron chi connectivity index (χ3n) is 3.19. The Labute approximate surface area is 148 Å². The van der Waals surface area contributed by atoms with Gasteiger partial charge in [0.15, 0.2) is 5.58 Å². The van der Waals surface area contributed by atoms with Crippen LogP contribution < -0.4 is 9.84 Å². The van der Waals surface area contributed by atoms with Gasteiger partial charge in [-0.25, -0.2) is 4.98 Å². The predicted octanol–water partition coefficient (Wildman–Crippen LogP) is 2.72. The summed E-state index contributed by atoms with van der Waals surface area (Å²) in [7, 11) is 0. The number of rotatable bonds is 6. The first-order valence-corrected chi connectivity index (χ1v) is 8.11. The SMILES string of the molecule is C#CCOc1ccccc1/C=C(\Sc1nc2ccccc2o1)C(=O)[O-]. The van der Waals surface area contributed by atoms with Crippen molar-refractivity contribution in [1.82, 2.24) is 4.98 Å². The Balaban J connectivity index is 1.92. The molecule has 0 aliphatic heterocycles. The Bertz CT molecular complexity index is 951. The minimum atomic E-state index is -1.33. The van der Waals surface area contributed by atoms with Crippen LogP contribution >= 0.6 is 11.8 Å². The highest BCUT2D eigenvalue weighted by molar-refractivity contribution is 8.03. The van der Waals surface area contributed by atoms with E-state index in [-0.39, 0.29) is 16.7 Å².